The van der Waals surface area contributed by atoms with E-state index in [1.54, 1.807) is 30.3 Å². The third-order valence-corrected chi connectivity index (χ3v) is 5.46. The lowest BCUT2D eigenvalue weighted by Crippen LogP contribution is -2.30. The Balaban J connectivity index is 2.10. The predicted octanol–water partition coefficient (Wildman–Crippen LogP) is 3.84. The van der Waals surface area contributed by atoms with Crippen molar-refractivity contribution in [2.24, 2.45) is 0 Å². The summed E-state index contributed by atoms with van der Waals surface area (Å²) in [6.07, 6.45) is 2.48. The molecule has 1 saturated heterocycles. The summed E-state index contributed by atoms with van der Waals surface area (Å²) in [6, 6.07) is 13.7. The normalized spacial score (nSPS) is 17.9. The average Bonchev–Trinajstić information content (AvgIpc) is 3.06. The molecule has 0 aliphatic carbocycles. The largest absolute Gasteiger partial charge is 0.507 e. The Morgan fingerprint density at radius 3 is 2.48 bits per heavy atom. The molecule has 1 aliphatic heterocycles. The van der Waals surface area contributed by atoms with E-state index in [4.69, 9.17) is 9.84 Å². The Morgan fingerprint density at radius 1 is 1.10 bits per heavy atom. The summed E-state index contributed by atoms with van der Waals surface area (Å²) in [6.45, 7) is 4.50. The first-order valence-electron chi connectivity index (χ1n) is 10.7. The minimum atomic E-state index is -0.699. The van der Waals surface area contributed by atoms with Crippen LogP contribution >= 0.6 is 0 Å². The molecule has 164 valence electrons. The third-order valence-electron chi connectivity index (χ3n) is 5.46. The number of ketones is 1. The minimum absolute atomic E-state index is 0.0876. The van der Waals surface area contributed by atoms with Gasteiger partial charge in [0.1, 0.15) is 18.1 Å². The van der Waals surface area contributed by atoms with Crippen molar-refractivity contribution in [1.29, 1.82) is 0 Å². The van der Waals surface area contributed by atoms with Gasteiger partial charge in [0.2, 0.25) is 0 Å². The van der Waals surface area contributed by atoms with Crippen LogP contribution in [0.5, 0.6) is 5.75 Å². The highest BCUT2D eigenvalue weighted by Gasteiger charge is 2.45. The van der Waals surface area contributed by atoms with Crippen molar-refractivity contribution in [1.82, 2.24) is 4.90 Å². The Bertz CT molecular complexity index is 964. The second-order valence-corrected chi connectivity index (χ2v) is 7.54. The van der Waals surface area contributed by atoms with Gasteiger partial charge < -0.3 is 19.8 Å². The standard InChI is InChI=1S/C25H29NO5/c1-3-5-13-26-22(19-7-6-8-20(16-19)31-15-14-27)21(24(29)25(26)30)23(28)18-11-9-17(4-2)10-12-18/h6-12,16,22,27-28H,3-5,13-15H2,1-2H3/b23-21-. The second-order valence-electron chi connectivity index (χ2n) is 7.54. The van der Waals surface area contributed by atoms with Crippen molar-refractivity contribution in [2.75, 3.05) is 19.8 Å². The fourth-order valence-corrected chi connectivity index (χ4v) is 3.78. The molecule has 6 nitrogen and oxygen atoms in total. The van der Waals surface area contributed by atoms with Crippen molar-refractivity contribution in [2.45, 2.75) is 39.2 Å². The maximum Gasteiger partial charge on any atom is 0.295 e. The van der Waals surface area contributed by atoms with Crippen LogP contribution < -0.4 is 4.74 Å². The molecule has 1 unspecified atom stereocenters. The molecule has 0 saturated carbocycles. The van der Waals surface area contributed by atoms with Crippen molar-refractivity contribution in [3.8, 4) is 5.75 Å². The topological polar surface area (TPSA) is 87.1 Å². The number of carbonyl (C=O) groups is 2. The molecule has 2 aromatic carbocycles. The van der Waals surface area contributed by atoms with Gasteiger partial charge in [-0.1, -0.05) is 56.7 Å². The highest BCUT2D eigenvalue weighted by Crippen LogP contribution is 2.40. The number of benzene rings is 2. The molecule has 1 amide bonds. The number of nitrogens with zero attached hydrogens (tertiary/aromatic N) is 1. The van der Waals surface area contributed by atoms with E-state index in [1.165, 1.54) is 4.90 Å². The lowest BCUT2D eigenvalue weighted by atomic mass is 9.94. The number of amides is 1. The van der Waals surface area contributed by atoms with E-state index in [1.807, 2.05) is 32.0 Å². The quantitative estimate of drug-likeness (QED) is 0.364. The van der Waals surface area contributed by atoms with Crippen LogP contribution in [0, 0.1) is 0 Å². The SMILES string of the molecule is CCCCN1C(=O)C(=O)/C(=C(\O)c2ccc(CC)cc2)C1c1cccc(OCCO)c1. The van der Waals surface area contributed by atoms with E-state index < -0.39 is 17.7 Å². The monoisotopic (exact) mass is 423 g/mol. The highest BCUT2D eigenvalue weighted by molar-refractivity contribution is 6.46. The number of hydrogen-bond donors (Lipinski definition) is 2. The first-order valence-corrected chi connectivity index (χ1v) is 10.7. The van der Waals surface area contributed by atoms with Gasteiger partial charge in [0.05, 0.1) is 18.2 Å². The zero-order valence-corrected chi connectivity index (χ0v) is 18.0. The molecule has 1 fully saturated rings. The van der Waals surface area contributed by atoms with Crippen LogP contribution in [-0.2, 0) is 16.0 Å². The molecule has 0 spiro atoms. The minimum Gasteiger partial charge on any atom is -0.507 e. The smallest absolute Gasteiger partial charge is 0.295 e. The summed E-state index contributed by atoms with van der Waals surface area (Å²) in [5.74, 6) is -0.932. The first-order chi connectivity index (χ1) is 15.0. The maximum absolute atomic E-state index is 13.0. The van der Waals surface area contributed by atoms with Gasteiger partial charge in [-0.2, -0.15) is 0 Å². The van der Waals surface area contributed by atoms with Crippen molar-refractivity contribution < 1.29 is 24.5 Å². The molecule has 0 bridgehead atoms. The molecule has 31 heavy (non-hydrogen) atoms. The molecule has 1 heterocycles. The molecular formula is C25H29NO5. The number of carbonyl (C=O) groups excluding carboxylic acids is 2. The van der Waals surface area contributed by atoms with Crippen LogP contribution in [0.4, 0.5) is 0 Å². The molecule has 2 aromatic rings. The van der Waals surface area contributed by atoms with Crippen LogP contribution in [0.25, 0.3) is 5.76 Å². The summed E-state index contributed by atoms with van der Waals surface area (Å²) in [5.41, 5.74) is 2.38. The summed E-state index contributed by atoms with van der Waals surface area (Å²) in [5, 5.41) is 20.1. The van der Waals surface area contributed by atoms with Gasteiger partial charge in [0, 0.05) is 12.1 Å². The van der Waals surface area contributed by atoms with E-state index in [2.05, 4.69) is 0 Å². The zero-order valence-electron chi connectivity index (χ0n) is 18.0. The number of aliphatic hydroxyl groups is 2. The Morgan fingerprint density at radius 2 is 1.84 bits per heavy atom. The summed E-state index contributed by atoms with van der Waals surface area (Å²) >= 11 is 0. The molecule has 2 N–H and O–H groups in total. The highest BCUT2D eigenvalue weighted by atomic mass is 16.5. The summed E-state index contributed by atoms with van der Waals surface area (Å²) in [7, 11) is 0. The van der Waals surface area contributed by atoms with Gasteiger partial charge >= 0.3 is 0 Å². The first kappa shape index (κ1) is 22.6. The third kappa shape index (κ3) is 4.80. The van der Waals surface area contributed by atoms with Crippen LogP contribution in [0.2, 0.25) is 0 Å². The number of hydrogen-bond acceptors (Lipinski definition) is 5. The van der Waals surface area contributed by atoms with E-state index in [0.717, 1.165) is 24.8 Å². The van der Waals surface area contributed by atoms with E-state index >= 15 is 0 Å². The summed E-state index contributed by atoms with van der Waals surface area (Å²) in [4.78, 5) is 27.4. The zero-order chi connectivity index (χ0) is 22.4. The van der Waals surface area contributed by atoms with Gasteiger partial charge in [-0.25, -0.2) is 0 Å². The lowest BCUT2D eigenvalue weighted by Gasteiger charge is -2.25. The number of likely N-dealkylation sites (tertiary alicyclic amines) is 1. The van der Waals surface area contributed by atoms with Gasteiger partial charge in [0.25, 0.3) is 11.7 Å². The van der Waals surface area contributed by atoms with E-state index in [9.17, 15) is 14.7 Å². The van der Waals surface area contributed by atoms with Crippen LogP contribution in [0.1, 0.15) is 49.4 Å². The van der Waals surface area contributed by atoms with Gasteiger partial charge in [-0.3, -0.25) is 9.59 Å². The number of ether oxygens (including phenoxy) is 1. The maximum atomic E-state index is 13.0. The number of Topliss-reactive ketones (excluding diaryl/α,β-unsaturated/α-hetero) is 1. The number of aliphatic hydroxyl groups excluding tert-OH is 2. The fourth-order valence-electron chi connectivity index (χ4n) is 3.78. The molecule has 1 aliphatic rings. The van der Waals surface area contributed by atoms with Crippen molar-refractivity contribution >= 4 is 17.4 Å². The van der Waals surface area contributed by atoms with Crippen molar-refractivity contribution in [3.05, 3.63) is 70.8 Å². The number of rotatable bonds is 9. The molecule has 1 atom stereocenters. The Kier molecular flexibility index (Phi) is 7.47. The predicted molar refractivity (Wildman–Crippen MR) is 119 cm³/mol. The van der Waals surface area contributed by atoms with Crippen LogP contribution in [-0.4, -0.2) is 46.6 Å². The number of aryl methyl sites for hydroxylation is 1. The average molecular weight is 424 g/mol. The van der Waals surface area contributed by atoms with Crippen LogP contribution in [0.3, 0.4) is 0 Å². The molecule has 3 rings (SSSR count). The Hall–Kier alpha value is -3.12. The van der Waals surface area contributed by atoms with Gasteiger partial charge in [0.15, 0.2) is 0 Å². The molecule has 6 heteroatoms. The van der Waals surface area contributed by atoms with E-state index in [0.29, 0.717) is 23.4 Å². The van der Waals surface area contributed by atoms with E-state index in [-0.39, 0.29) is 24.5 Å². The number of unbranched alkanes of at least 4 members (excludes halogenated alkanes) is 1. The fraction of sp³-hybridized carbons (Fsp3) is 0.360. The second kappa shape index (κ2) is 10.3. The lowest BCUT2D eigenvalue weighted by molar-refractivity contribution is -0.139. The van der Waals surface area contributed by atoms with Gasteiger partial charge in [-0.15, -0.1) is 0 Å². The molecule has 0 radical (unpaired) electrons. The van der Waals surface area contributed by atoms with Gasteiger partial charge in [-0.05, 0) is 36.1 Å². The summed E-state index contributed by atoms with van der Waals surface area (Å²) < 4.78 is 5.51. The van der Waals surface area contributed by atoms with Crippen molar-refractivity contribution in [3.63, 3.8) is 0 Å². The van der Waals surface area contributed by atoms with Crippen LogP contribution in [0.15, 0.2) is 54.1 Å². The molecule has 0 aromatic heterocycles. The Labute approximate surface area is 182 Å². The molecular weight excluding hydrogens is 394 g/mol.